The van der Waals surface area contributed by atoms with Crippen molar-refractivity contribution in [3.8, 4) is 16.9 Å². The first-order valence-electron chi connectivity index (χ1n) is 12.4. The summed E-state index contributed by atoms with van der Waals surface area (Å²) in [5.41, 5.74) is 4.37. The Hall–Kier alpha value is -3.08. The molecule has 1 saturated heterocycles. The van der Waals surface area contributed by atoms with E-state index in [1.807, 2.05) is 36.4 Å². The molecule has 0 bridgehead atoms. The van der Waals surface area contributed by atoms with Gasteiger partial charge in [0.2, 0.25) is 0 Å². The summed E-state index contributed by atoms with van der Waals surface area (Å²) >= 11 is 0. The Morgan fingerprint density at radius 2 is 1.62 bits per heavy atom. The fourth-order valence-corrected chi connectivity index (χ4v) is 4.07. The van der Waals surface area contributed by atoms with Crippen LogP contribution in [0.1, 0.15) is 75.8 Å². The summed E-state index contributed by atoms with van der Waals surface area (Å²) in [5, 5.41) is 0. The van der Waals surface area contributed by atoms with Crippen molar-refractivity contribution in [3.05, 3.63) is 65.7 Å². The van der Waals surface area contributed by atoms with Crippen LogP contribution >= 0.6 is 0 Å². The third kappa shape index (κ3) is 7.47. The third-order valence-electron chi connectivity index (χ3n) is 6.16. The molecule has 5 heteroatoms. The fourth-order valence-electron chi connectivity index (χ4n) is 4.07. The summed E-state index contributed by atoms with van der Waals surface area (Å²) < 4.78 is 15.7. The van der Waals surface area contributed by atoms with Crippen LogP contribution in [0.2, 0.25) is 0 Å². The Balaban J connectivity index is 1.70. The van der Waals surface area contributed by atoms with E-state index in [9.17, 15) is 9.59 Å². The lowest BCUT2D eigenvalue weighted by Crippen LogP contribution is -2.25. The molecule has 3 rings (SSSR count). The van der Waals surface area contributed by atoms with E-state index in [0.29, 0.717) is 24.5 Å². The zero-order chi connectivity index (χ0) is 24.3. The molecule has 1 aliphatic heterocycles. The Bertz CT molecular complexity index is 967. The molecule has 2 aromatic carbocycles. The molecule has 0 radical (unpaired) electrons. The van der Waals surface area contributed by atoms with Crippen LogP contribution in [0.4, 0.5) is 4.79 Å². The van der Waals surface area contributed by atoms with E-state index in [-0.39, 0.29) is 5.92 Å². The number of esters is 1. The molecule has 5 nitrogen and oxygen atoms in total. The Kier molecular flexibility index (Phi) is 9.75. The molecule has 1 fully saturated rings. The molecular formula is C29H36O5. The van der Waals surface area contributed by atoms with Gasteiger partial charge in [0, 0.05) is 11.1 Å². The number of cyclic esters (lactones) is 2. The first-order valence-corrected chi connectivity index (χ1v) is 12.4. The van der Waals surface area contributed by atoms with Crippen LogP contribution in [0.25, 0.3) is 11.1 Å². The second-order valence-electron chi connectivity index (χ2n) is 9.06. The average Bonchev–Trinajstić information content (AvgIpc) is 2.84. The lowest BCUT2D eigenvalue weighted by molar-refractivity contribution is -0.130. The summed E-state index contributed by atoms with van der Waals surface area (Å²) in [4.78, 5) is 23.4. The number of carbonyl (C=O) groups excluding carboxylic acids is 2. The fraction of sp³-hybridized carbons (Fsp3) is 0.448. The minimum absolute atomic E-state index is 0.0109. The maximum absolute atomic E-state index is 12.3. The molecule has 0 saturated carbocycles. The van der Waals surface area contributed by atoms with Gasteiger partial charge in [-0.1, -0.05) is 88.4 Å². The van der Waals surface area contributed by atoms with E-state index in [1.165, 1.54) is 44.1 Å². The predicted octanol–water partition coefficient (Wildman–Crippen LogP) is 7.38. The van der Waals surface area contributed by atoms with Crippen molar-refractivity contribution in [1.82, 2.24) is 0 Å². The van der Waals surface area contributed by atoms with Crippen molar-refractivity contribution in [1.29, 1.82) is 0 Å². The third-order valence-corrected chi connectivity index (χ3v) is 6.16. The summed E-state index contributed by atoms with van der Waals surface area (Å²) in [6.07, 6.45) is 9.18. The highest BCUT2D eigenvalue weighted by Crippen LogP contribution is 2.33. The molecule has 0 N–H and O–H groups in total. The van der Waals surface area contributed by atoms with Crippen LogP contribution in [0.5, 0.6) is 5.75 Å². The number of hydrogen-bond acceptors (Lipinski definition) is 5. The number of unbranched alkanes of at least 4 members (excludes halogenated alkanes) is 6. The highest BCUT2D eigenvalue weighted by molar-refractivity contribution is 5.90. The molecule has 0 aliphatic carbocycles. The number of benzene rings is 2. The minimum atomic E-state index is -0.617. The molecule has 0 aromatic heterocycles. The summed E-state index contributed by atoms with van der Waals surface area (Å²) in [6.45, 7) is 8.23. The summed E-state index contributed by atoms with van der Waals surface area (Å²) in [5.74, 6) is 0.139. The van der Waals surface area contributed by atoms with Crippen LogP contribution in [0.15, 0.2) is 54.6 Å². The van der Waals surface area contributed by atoms with Gasteiger partial charge in [0.1, 0.15) is 19.0 Å². The summed E-state index contributed by atoms with van der Waals surface area (Å²) in [6, 6.07) is 14.1. The Morgan fingerprint density at radius 3 is 2.26 bits per heavy atom. The lowest BCUT2D eigenvalue weighted by atomic mass is 9.95. The van der Waals surface area contributed by atoms with E-state index in [0.717, 1.165) is 29.5 Å². The van der Waals surface area contributed by atoms with Crippen molar-refractivity contribution in [2.24, 2.45) is 0 Å². The first kappa shape index (κ1) is 25.5. The molecule has 34 heavy (non-hydrogen) atoms. The molecule has 0 amide bonds. The number of aryl methyl sites for hydroxylation is 1. The predicted molar refractivity (Wildman–Crippen MR) is 134 cm³/mol. The second-order valence-corrected chi connectivity index (χ2v) is 9.06. The average molecular weight is 465 g/mol. The van der Waals surface area contributed by atoms with Gasteiger partial charge in [-0.3, -0.25) is 0 Å². The Morgan fingerprint density at radius 1 is 0.971 bits per heavy atom. The lowest BCUT2D eigenvalue weighted by Gasteiger charge is -2.22. The molecule has 1 aliphatic rings. The van der Waals surface area contributed by atoms with E-state index in [2.05, 4.69) is 19.6 Å². The number of rotatable bonds is 12. The molecule has 182 valence electrons. The van der Waals surface area contributed by atoms with Crippen LogP contribution < -0.4 is 4.74 Å². The van der Waals surface area contributed by atoms with E-state index >= 15 is 0 Å². The molecule has 0 atom stereocenters. The van der Waals surface area contributed by atoms with Crippen LogP contribution in [0, 0.1) is 0 Å². The summed E-state index contributed by atoms with van der Waals surface area (Å²) in [7, 11) is 0. The quantitative estimate of drug-likeness (QED) is 0.142. The largest absolute Gasteiger partial charge is 0.508 e. The molecule has 2 aromatic rings. The maximum atomic E-state index is 12.3. The van der Waals surface area contributed by atoms with Gasteiger partial charge in [-0.05, 0) is 42.5 Å². The van der Waals surface area contributed by atoms with Gasteiger partial charge in [0.15, 0.2) is 0 Å². The van der Waals surface area contributed by atoms with Crippen molar-refractivity contribution in [3.63, 3.8) is 0 Å². The zero-order valence-corrected chi connectivity index (χ0v) is 20.4. The van der Waals surface area contributed by atoms with Crippen LogP contribution in [-0.2, 0) is 20.7 Å². The van der Waals surface area contributed by atoms with E-state index < -0.39 is 12.1 Å². The van der Waals surface area contributed by atoms with Gasteiger partial charge < -0.3 is 14.2 Å². The zero-order valence-electron chi connectivity index (χ0n) is 20.4. The van der Waals surface area contributed by atoms with E-state index in [4.69, 9.17) is 14.2 Å². The van der Waals surface area contributed by atoms with Crippen molar-refractivity contribution < 1.29 is 23.8 Å². The Labute approximate surface area is 203 Å². The molecule has 1 heterocycles. The topological polar surface area (TPSA) is 61.8 Å². The smallest absolute Gasteiger partial charge is 0.434 e. The highest BCUT2D eigenvalue weighted by atomic mass is 16.7. The minimum Gasteiger partial charge on any atom is -0.434 e. The van der Waals surface area contributed by atoms with Crippen LogP contribution in [-0.4, -0.2) is 25.3 Å². The normalized spacial score (nSPS) is 13.8. The van der Waals surface area contributed by atoms with Crippen LogP contribution in [0.3, 0.4) is 0 Å². The van der Waals surface area contributed by atoms with Crippen molar-refractivity contribution >= 4 is 12.1 Å². The van der Waals surface area contributed by atoms with Gasteiger partial charge in [0.25, 0.3) is 0 Å². The first-order chi connectivity index (χ1) is 16.5. The second kappa shape index (κ2) is 13.0. The molecular weight excluding hydrogens is 428 g/mol. The van der Waals surface area contributed by atoms with Gasteiger partial charge in [-0.2, -0.15) is 0 Å². The number of hydrogen-bond donors (Lipinski definition) is 0. The highest BCUT2D eigenvalue weighted by Gasteiger charge is 2.22. The monoisotopic (exact) mass is 464 g/mol. The van der Waals surface area contributed by atoms with Gasteiger partial charge in [-0.15, -0.1) is 0 Å². The van der Waals surface area contributed by atoms with E-state index in [1.54, 1.807) is 6.92 Å². The van der Waals surface area contributed by atoms with Gasteiger partial charge in [-0.25, -0.2) is 9.59 Å². The van der Waals surface area contributed by atoms with Gasteiger partial charge >= 0.3 is 12.1 Å². The van der Waals surface area contributed by atoms with Crippen molar-refractivity contribution in [2.45, 2.75) is 71.1 Å². The van der Waals surface area contributed by atoms with Crippen molar-refractivity contribution in [2.75, 3.05) is 13.2 Å². The standard InChI is InChI=1S/C29H36O5/c1-4-5-6-7-8-9-10-11-22-12-17-26(27(18-22)34-28(30)21(2)3)24-15-13-23(14-16-24)25-19-32-29(31)33-20-25/h12-18,25H,2,4-11,19-20H2,1,3H3. The molecule has 0 spiro atoms. The molecule has 0 unspecified atom stereocenters. The number of ether oxygens (including phenoxy) is 3. The maximum Gasteiger partial charge on any atom is 0.508 e. The van der Waals surface area contributed by atoms with Gasteiger partial charge in [0.05, 0.1) is 5.92 Å². The number of carbonyl (C=O) groups is 2. The SMILES string of the molecule is C=C(C)C(=O)Oc1cc(CCCCCCCCC)ccc1-c1ccc(C2COC(=O)OC2)cc1.